The maximum Gasteiger partial charge on any atom is 0.139 e. The Hall–Kier alpha value is -3.60. The lowest BCUT2D eigenvalue weighted by Gasteiger charge is -2.07. The highest BCUT2D eigenvalue weighted by atomic mass is 16.3. The van der Waals surface area contributed by atoms with Crippen molar-refractivity contribution in [2.75, 3.05) is 5.73 Å². The number of rotatable bonds is 3. The van der Waals surface area contributed by atoms with Gasteiger partial charge in [-0.1, -0.05) is 48.5 Å². The number of nitrogens with two attached hydrogens (primary N) is 2. The zero-order chi connectivity index (χ0) is 17.4. The average molecular weight is 328 g/mol. The van der Waals surface area contributed by atoms with Gasteiger partial charge in [0.05, 0.1) is 5.56 Å². The molecule has 5 N–H and O–H groups in total. The molecule has 0 aliphatic heterocycles. The van der Waals surface area contributed by atoms with E-state index in [9.17, 15) is 0 Å². The molecule has 2 aromatic heterocycles. The van der Waals surface area contributed by atoms with Crippen molar-refractivity contribution in [3.8, 4) is 22.6 Å². The van der Waals surface area contributed by atoms with Gasteiger partial charge in [-0.3, -0.25) is 5.41 Å². The first kappa shape index (κ1) is 15.0. The molecule has 0 saturated carbocycles. The number of anilines is 1. The minimum atomic E-state index is 0.0429. The van der Waals surface area contributed by atoms with Crippen LogP contribution in [-0.2, 0) is 0 Å². The highest BCUT2D eigenvalue weighted by Gasteiger charge is 2.14. The van der Waals surface area contributed by atoms with E-state index in [0.29, 0.717) is 17.1 Å². The average Bonchev–Trinajstić information content (AvgIpc) is 3.11. The van der Waals surface area contributed by atoms with E-state index in [1.54, 1.807) is 18.3 Å². The summed E-state index contributed by atoms with van der Waals surface area (Å²) in [6, 6.07) is 19.1. The highest BCUT2D eigenvalue weighted by Crippen LogP contribution is 2.35. The van der Waals surface area contributed by atoms with Gasteiger partial charge in [-0.05, 0) is 17.5 Å². The summed E-state index contributed by atoms with van der Waals surface area (Å²) >= 11 is 0. The van der Waals surface area contributed by atoms with Crippen LogP contribution in [-0.4, -0.2) is 10.8 Å². The first-order chi connectivity index (χ1) is 12.1. The first-order valence-corrected chi connectivity index (χ1v) is 7.82. The quantitative estimate of drug-likeness (QED) is 0.390. The van der Waals surface area contributed by atoms with Crippen LogP contribution in [0.2, 0.25) is 0 Å². The lowest BCUT2D eigenvalue weighted by molar-refractivity contribution is 0.598. The van der Waals surface area contributed by atoms with Gasteiger partial charge >= 0.3 is 0 Å². The number of nitrogen functional groups attached to an aromatic ring is 2. The summed E-state index contributed by atoms with van der Waals surface area (Å²) in [6.07, 6.45) is 1.76. The number of pyridine rings is 1. The molecule has 4 rings (SSSR count). The third-order valence-electron chi connectivity index (χ3n) is 4.16. The van der Waals surface area contributed by atoms with Gasteiger partial charge in [-0.2, -0.15) is 0 Å². The smallest absolute Gasteiger partial charge is 0.139 e. The second-order valence-corrected chi connectivity index (χ2v) is 5.76. The number of furan rings is 1. The molecule has 0 amide bonds. The predicted octanol–water partition coefficient (Wildman–Crippen LogP) is 4.03. The van der Waals surface area contributed by atoms with Crippen molar-refractivity contribution in [1.29, 1.82) is 5.41 Å². The number of benzene rings is 2. The van der Waals surface area contributed by atoms with E-state index in [4.69, 9.17) is 21.3 Å². The molecule has 5 heteroatoms. The number of fused-ring (bicyclic) bond motifs is 1. The van der Waals surface area contributed by atoms with Crippen LogP contribution in [0.1, 0.15) is 5.56 Å². The molecule has 122 valence electrons. The van der Waals surface area contributed by atoms with Crippen LogP contribution >= 0.6 is 0 Å². The number of hydrogen-bond donors (Lipinski definition) is 3. The fraction of sp³-hybridized carbons (Fsp3) is 0. The Morgan fingerprint density at radius 2 is 1.64 bits per heavy atom. The van der Waals surface area contributed by atoms with E-state index < -0.39 is 0 Å². The largest absolute Gasteiger partial charge is 0.456 e. The molecule has 25 heavy (non-hydrogen) atoms. The molecule has 0 aliphatic carbocycles. The summed E-state index contributed by atoms with van der Waals surface area (Å²) < 4.78 is 6.04. The van der Waals surface area contributed by atoms with Crippen LogP contribution in [0, 0.1) is 5.41 Å². The van der Waals surface area contributed by atoms with Crippen molar-refractivity contribution in [3.63, 3.8) is 0 Å². The van der Waals surface area contributed by atoms with Gasteiger partial charge in [0.25, 0.3) is 0 Å². The minimum Gasteiger partial charge on any atom is -0.456 e. The monoisotopic (exact) mass is 328 g/mol. The van der Waals surface area contributed by atoms with Gasteiger partial charge in [0.2, 0.25) is 0 Å². The van der Waals surface area contributed by atoms with Crippen LogP contribution in [0.3, 0.4) is 0 Å². The highest BCUT2D eigenvalue weighted by molar-refractivity contribution is 5.99. The molecule has 4 aromatic rings. The summed E-state index contributed by atoms with van der Waals surface area (Å²) in [5.41, 5.74) is 14.0. The summed E-state index contributed by atoms with van der Waals surface area (Å²) in [5.74, 6) is 1.87. The van der Waals surface area contributed by atoms with E-state index in [0.717, 1.165) is 27.7 Å². The van der Waals surface area contributed by atoms with Crippen LogP contribution < -0.4 is 11.5 Å². The molecule has 0 unspecified atom stereocenters. The lowest BCUT2D eigenvalue weighted by Crippen LogP contribution is -2.10. The van der Waals surface area contributed by atoms with E-state index in [1.807, 2.05) is 48.5 Å². The van der Waals surface area contributed by atoms with Gasteiger partial charge in [-0.15, -0.1) is 0 Å². The van der Waals surface area contributed by atoms with Crippen LogP contribution in [0.15, 0.2) is 71.3 Å². The Labute approximate surface area is 144 Å². The van der Waals surface area contributed by atoms with Gasteiger partial charge in [0, 0.05) is 22.7 Å². The molecule has 0 saturated heterocycles. The van der Waals surface area contributed by atoms with E-state index in [-0.39, 0.29) is 5.84 Å². The molecule has 0 atom stereocenters. The Bertz CT molecular complexity index is 1080. The minimum absolute atomic E-state index is 0.0429. The van der Waals surface area contributed by atoms with Crippen LogP contribution in [0.4, 0.5) is 5.82 Å². The Kier molecular flexibility index (Phi) is 3.47. The molecule has 0 spiro atoms. The standard InChI is InChI=1S/C20H16N4O/c21-19(22)13-7-5-12(6-8-13)16-9-10-17(25-16)18-15-4-2-1-3-14(15)11-24-20(18)23/h1-11H,(H3,21,22)(H2,23,24). The normalized spacial score (nSPS) is 10.9. The van der Waals surface area contributed by atoms with Crippen LogP contribution in [0.5, 0.6) is 0 Å². The maximum atomic E-state index is 7.46. The molecular weight excluding hydrogens is 312 g/mol. The molecule has 0 bridgehead atoms. The number of nitrogens with zero attached hydrogens (tertiary/aromatic N) is 1. The SMILES string of the molecule is N=C(N)c1ccc(-c2ccc(-c3c(N)ncc4ccccc34)o2)cc1. The predicted molar refractivity (Wildman–Crippen MR) is 100 cm³/mol. The summed E-state index contributed by atoms with van der Waals surface area (Å²) in [5, 5.41) is 9.47. The third kappa shape index (κ3) is 2.61. The second kappa shape index (κ2) is 5.79. The fourth-order valence-corrected chi connectivity index (χ4v) is 2.88. The zero-order valence-electron chi connectivity index (χ0n) is 13.4. The summed E-state index contributed by atoms with van der Waals surface area (Å²) in [4.78, 5) is 4.28. The van der Waals surface area contributed by atoms with Crippen molar-refractivity contribution >= 4 is 22.4 Å². The van der Waals surface area contributed by atoms with Crippen molar-refractivity contribution in [2.45, 2.75) is 0 Å². The zero-order valence-corrected chi connectivity index (χ0v) is 13.4. The number of amidine groups is 1. The summed E-state index contributed by atoms with van der Waals surface area (Å²) in [7, 11) is 0. The van der Waals surface area contributed by atoms with E-state index >= 15 is 0 Å². The fourth-order valence-electron chi connectivity index (χ4n) is 2.88. The molecule has 5 nitrogen and oxygen atoms in total. The summed E-state index contributed by atoms with van der Waals surface area (Å²) in [6.45, 7) is 0. The van der Waals surface area contributed by atoms with Gasteiger partial charge in [0.1, 0.15) is 23.2 Å². The second-order valence-electron chi connectivity index (χ2n) is 5.76. The van der Waals surface area contributed by atoms with Crippen molar-refractivity contribution < 1.29 is 4.42 Å². The maximum absolute atomic E-state index is 7.46. The van der Waals surface area contributed by atoms with Crippen LogP contribution in [0.25, 0.3) is 33.4 Å². The van der Waals surface area contributed by atoms with Crippen molar-refractivity contribution in [3.05, 3.63) is 72.4 Å². The van der Waals surface area contributed by atoms with Gasteiger partial charge < -0.3 is 15.9 Å². The van der Waals surface area contributed by atoms with Gasteiger partial charge in [0.15, 0.2) is 0 Å². The molecule has 0 fully saturated rings. The Morgan fingerprint density at radius 3 is 2.40 bits per heavy atom. The van der Waals surface area contributed by atoms with Crippen molar-refractivity contribution in [2.24, 2.45) is 5.73 Å². The van der Waals surface area contributed by atoms with E-state index in [2.05, 4.69) is 4.98 Å². The molecule has 0 radical (unpaired) electrons. The first-order valence-electron chi connectivity index (χ1n) is 7.82. The third-order valence-corrected chi connectivity index (χ3v) is 4.16. The Balaban J connectivity index is 1.80. The van der Waals surface area contributed by atoms with Gasteiger partial charge in [-0.25, -0.2) is 4.98 Å². The molecule has 0 aliphatic rings. The number of hydrogen-bond acceptors (Lipinski definition) is 4. The number of aromatic nitrogens is 1. The van der Waals surface area contributed by atoms with E-state index in [1.165, 1.54) is 0 Å². The topological polar surface area (TPSA) is 102 Å². The molecule has 2 heterocycles. The Morgan fingerprint density at radius 1 is 0.920 bits per heavy atom. The number of nitrogens with one attached hydrogen (secondary N) is 1. The van der Waals surface area contributed by atoms with Crippen molar-refractivity contribution in [1.82, 2.24) is 4.98 Å². The lowest BCUT2D eigenvalue weighted by atomic mass is 10.1. The molecular formula is C20H16N4O. The molecule has 2 aromatic carbocycles.